The molecule has 1 aromatic heterocycles. The quantitative estimate of drug-likeness (QED) is 0.376. The molecule has 0 radical (unpaired) electrons. The van der Waals surface area contributed by atoms with Gasteiger partial charge in [0.05, 0.1) is 7.11 Å². The molecule has 0 N–H and O–H groups in total. The van der Waals surface area contributed by atoms with Crippen molar-refractivity contribution >= 4 is 22.7 Å². The minimum absolute atomic E-state index is 0.207. The zero-order valence-electron chi connectivity index (χ0n) is 14.6. The summed E-state index contributed by atoms with van der Waals surface area (Å²) in [6, 6.07) is 23.7. The van der Waals surface area contributed by atoms with Gasteiger partial charge in [0.2, 0.25) is 5.78 Å². The Morgan fingerprint density at radius 2 is 1.48 bits per heavy atom. The fourth-order valence-corrected chi connectivity index (χ4v) is 3.16. The van der Waals surface area contributed by atoms with Crippen LogP contribution < -0.4 is 0 Å². The third kappa shape index (κ3) is 2.91. The number of hydrogen-bond donors (Lipinski definition) is 0. The Morgan fingerprint density at radius 3 is 2.15 bits per heavy atom. The summed E-state index contributed by atoms with van der Waals surface area (Å²) in [5.41, 5.74) is 2.68. The molecule has 0 saturated carbocycles. The van der Waals surface area contributed by atoms with Gasteiger partial charge in [0.1, 0.15) is 11.1 Å². The first-order chi connectivity index (χ1) is 13.2. The third-order valence-electron chi connectivity index (χ3n) is 4.43. The maximum absolute atomic E-state index is 13.2. The Labute approximate surface area is 156 Å². The molecule has 0 bridgehead atoms. The van der Waals surface area contributed by atoms with Crippen LogP contribution in [0.25, 0.3) is 22.1 Å². The van der Waals surface area contributed by atoms with E-state index in [1.54, 1.807) is 36.4 Å². The topological polar surface area (TPSA) is 56.5 Å². The average molecular weight is 356 g/mol. The highest BCUT2D eigenvalue weighted by atomic mass is 16.5. The number of esters is 1. The summed E-state index contributed by atoms with van der Waals surface area (Å²) in [4.78, 5) is 25.3. The van der Waals surface area contributed by atoms with E-state index in [4.69, 9.17) is 9.15 Å². The number of fused-ring (bicyclic) bond motifs is 1. The van der Waals surface area contributed by atoms with Gasteiger partial charge in [-0.05, 0) is 11.6 Å². The monoisotopic (exact) mass is 356 g/mol. The number of hydrogen-bond acceptors (Lipinski definition) is 4. The number of rotatable bonds is 4. The smallest absolute Gasteiger partial charge is 0.341 e. The van der Waals surface area contributed by atoms with Crippen molar-refractivity contribution in [2.45, 2.75) is 0 Å². The molecule has 3 aromatic carbocycles. The lowest BCUT2D eigenvalue weighted by Crippen LogP contribution is -2.01. The zero-order chi connectivity index (χ0) is 18.8. The minimum Gasteiger partial charge on any atom is -0.465 e. The molecule has 1 heterocycles. The van der Waals surface area contributed by atoms with E-state index in [9.17, 15) is 9.59 Å². The molecule has 0 atom stereocenters. The van der Waals surface area contributed by atoms with Gasteiger partial charge in [0.15, 0.2) is 5.76 Å². The summed E-state index contributed by atoms with van der Waals surface area (Å²) in [5, 5.41) is 0.698. The minimum atomic E-state index is -0.507. The van der Waals surface area contributed by atoms with Crippen molar-refractivity contribution in [3.05, 3.63) is 95.7 Å². The van der Waals surface area contributed by atoms with Crippen LogP contribution in [-0.4, -0.2) is 18.9 Å². The van der Waals surface area contributed by atoms with Crippen molar-refractivity contribution in [2.75, 3.05) is 7.11 Å². The lowest BCUT2D eigenvalue weighted by molar-refractivity contribution is 0.0601. The first kappa shape index (κ1) is 16.8. The molecule has 4 heteroatoms. The van der Waals surface area contributed by atoms with Gasteiger partial charge in [-0.15, -0.1) is 0 Å². The first-order valence-electron chi connectivity index (χ1n) is 8.49. The standard InChI is InChI=1S/C23H16O4/c1-26-23(25)18-14-8-13-17-19(15-9-4-2-5-10-15)22(27-21(17)18)20(24)16-11-6-3-7-12-16/h2-14H,1H3. The van der Waals surface area contributed by atoms with Crippen molar-refractivity contribution < 1.29 is 18.7 Å². The number of para-hydroxylation sites is 1. The van der Waals surface area contributed by atoms with Gasteiger partial charge in [0.25, 0.3) is 0 Å². The lowest BCUT2D eigenvalue weighted by Gasteiger charge is -2.03. The number of ketones is 1. The van der Waals surface area contributed by atoms with Crippen LogP contribution in [0.4, 0.5) is 0 Å². The van der Waals surface area contributed by atoms with Crippen molar-refractivity contribution in [1.29, 1.82) is 0 Å². The molecule has 0 aliphatic heterocycles. The summed E-state index contributed by atoms with van der Waals surface area (Å²) >= 11 is 0. The predicted octanol–water partition coefficient (Wildman–Crippen LogP) is 5.12. The molecule has 0 spiro atoms. The summed E-state index contributed by atoms with van der Waals surface area (Å²) in [6.07, 6.45) is 0. The van der Waals surface area contributed by atoms with E-state index >= 15 is 0 Å². The van der Waals surface area contributed by atoms with Crippen LogP contribution >= 0.6 is 0 Å². The second kappa shape index (κ2) is 6.92. The highest BCUT2D eigenvalue weighted by Gasteiger charge is 2.25. The highest BCUT2D eigenvalue weighted by Crippen LogP contribution is 2.37. The Balaban J connectivity index is 2.03. The average Bonchev–Trinajstić information content (AvgIpc) is 3.13. The molecule has 4 aromatic rings. The van der Waals surface area contributed by atoms with Gasteiger partial charge >= 0.3 is 5.97 Å². The number of benzene rings is 3. The largest absolute Gasteiger partial charge is 0.465 e. The molecule has 4 nitrogen and oxygen atoms in total. The van der Waals surface area contributed by atoms with E-state index in [2.05, 4.69) is 0 Å². The Hall–Kier alpha value is -3.66. The zero-order valence-corrected chi connectivity index (χ0v) is 14.6. The van der Waals surface area contributed by atoms with E-state index in [0.717, 1.165) is 5.56 Å². The van der Waals surface area contributed by atoms with Crippen LogP contribution in [0.5, 0.6) is 0 Å². The van der Waals surface area contributed by atoms with Crippen LogP contribution in [0.3, 0.4) is 0 Å². The van der Waals surface area contributed by atoms with Crippen molar-refractivity contribution in [1.82, 2.24) is 0 Å². The molecule has 0 saturated heterocycles. The number of methoxy groups -OCH3 is 1. The molecule has 4 rings (SSSR count). The predicted molar refractivity (Wildman–Crippen MR) is 103 cm³/mol. The van der Waals surface area contributed by atoms with Gasteiger partial charge < -0.3 is 9.15 Å². The van der Waals surface area contributed by atoms with E-state index in [-0.39, 0.29) is 11.5 Å². The van der Waals surface area contributed by atoms with E-state index < -0.39 is 5.97 Å². The lowest BCUT2D eigenvalue weighted by atomic mass is 9.97. The van der Waals surface area contributed by atoms with Crippen molar-refractivity contribution in [3.8, 4) is 11.1 Å². The third-order valence-corrected chi connectivity index (χ3v) is 4.43. The maximum atomic E-state index is 13.2. The van der Waals surface area contributed by atoms with Gasteiger partial charge in [-0.1, -0.05) is 72.8 Å². The summed E-state index contributed by atoms with van der Waals surface area (Å²) in [5.74, 6) is -0.534. The molecule has 132 valence electrons. The van der Waals surface area contributed by atoms with Crippen LogP contribution in [0.2, 0.25) is 0 Å². The van der Waals surface area contributed by atoms with E-state index in [0.29, 0.717) is 27.7 Å². The second-order valence-electron chi connectivity index (χ2n) is 6.04. The van der Waals surface area contributed by atoms with E-state index in [1.807, 2.05) is 42.5 Å². The van der Waals surface area contributed by atoms with Crippen molar-refractivity contribution in [2.24, 2.45) is 0 Å². The first-order valence-corrected chi connectivity index (χ1v) is 8.49. The molecule has 0 unspecified atom stereocenters. The number of carbonyl (C=O) groups excluding carboxylic acids is 2. The second-order valence-corrected chi connectivity index (χ2v) is 6.04. The normalized spacial score (nSPS) is 10.7. The molecular weight excluding hydrogens is 340 g/mol. The number of carbonyl (C=O) groups is 2. The fraction of sp³-hybridized carbons (Fsp3) is 0.0435. The molecule has 27 heavy (non-hydrogen) atoms. The Bertz CT molecular complexity index is 1130. The fourth-order valence-electron chi connectivity index (χ4n) is 3.16. The summed E-state index contributed by atoms with van der Waals surface area (Å²) in [6.45, 7) is 0. The molecule has 0 aliphatic rings. The van der Waals surface area contributed by atoms with Crippen LogP contribution in [0.15, 0.2) is 83.3 Å². The molecule has 0 fully saturated rings. The molecule has 0 amide bonds. The Morgan fingerprint density at radius 1 is 0.815 bits per heavy atom. The van der Waals surface area contributed by atoms with Crippen LogP contribution in [0, 0.1) is 0 Å². The van der Waals surface area contributed by atoms with Crippen LogP contribution in [-0.2, 0) is 4.74 Å². The molecular formula is C23H16O4. The summed E-state index contributed by atoms with van der Waals surface area (Å²) in [7, 11) is 1.32. The Kier molecular flexibility index (Phi) is 4.30. The SMILES string of the molecule is COC(=O)c1cccc2c(-c3ccccc3)c(C(=O)c3ccccc3)oc12. The van der Waals surface area contributed by atoms with Gasteiger partial charge in [0, 0.05) is 16.5 Å². The van der Waals surface area contributed by atoms with Gasteiger partial charge in [-0.25, -0.2) is 4.79 Å². The van der Waals surface area contributed by atoms with Crippen LogP contribution in [0.1, 0.15) is 26.5 Å². The van der Waals surface area contributed by atoms with E-state index in [1.165, 1.54) is 7.11 Å². The van der Waals surface area contributed by atoms with Crippen molar-refractivity contribution in [3.63, 3.8) is 0 Å². The summed E-state index contributed by atoms with van der Waals surface area (Å²) < 4.78 is 10.8. The maximum Gasteiger partial charge on any atom is 0.341 e. The number of ether oxygens (including phenoxy) is 1. The van der Waals surface area contributed by atoms with Gasteiger partial charge in [-0.3, -0.25) is 4.79 Å². The van der Waals surface area contributed by atoms with Gasteiger partial charge in [-0.2, -0.15) is 0 Å². The molecule has 0 aliphatic carbocycles. The number of furan rings is 1. The highest BCUT2D eigenvalue weighted by molar-refractivity contribution is 6.17.